The smallest absolute Gasteiger partial charge is 1.00 e. The molecule has 0 aliphatic heterocycles. The average Bonchev–Trinajstić information content (AvgIpc) is 2.98. The molecule has 3 aromatic rings. The predicted octanol–water partition coefficient (Wildman–Crippen LogP) is 0.867. The van der Waals surface area contributed by atoms with Gasteiger partial charge in [0.25, 0.3) is 0 Å². The van der Waals surface area contributed by atoms with E-state index in [-0.39, 0.29) is 51.9 Å². The Kier molecular flexibility index (Phi) is 7.10. The van der Waals surface area contributed by atoms with Gasteiger partial charge in [0.05, 0.1) is 0 Å². The van der Waals surface area contributed by atoms with Gasteiger partial charge in [0.2, 0.25) is 0 Å². The van der Waals surface area contributed by atoms with E-state index >= 15 is 0 Å². The molecule has 3 aromatic carbocycles. The van der Waals surface area contributed by atoms with E-state index in [4.69, 9.17) is 0 Å². The van der Waals surface area contributed by atoms with Crippen LogP contribution in [0.2, 0.25) is 0 Å². The summed E-state index contributed by atoms with van der Waals surface area (Å²) in [5, 5.41) is 5.46. The van der Waals surface area contributed by atoms with Gasteiger partial charge in [0.1, 0.15) is 0 Å². The quantitative estimate of drug-likeness (QED) is 0.407. The van der Waals surface area contributed by atoms with E-state index in [0.717, 1.165) is 0 Å². The summed E-state index contributed by atoms with van der Waals surface area (Å²) in [4.78, 5) is 0. The van der Waals surface area contributed by atoms with Crippen molar-refractivity contribution < 1.29 is 46.5 Å². The summed E-state index contributed by atoms with van der Waals surface area (Å²) < 4.78 is 0. The van der Waals surface area contributed by atoms with Crippen LogP contribution in [0.1, 0.15) is 40.2 Å². The molecule has 133 valence electrons. The van der Waals surface area contributed by atoms with Crippen LogP contribution in [0, 0.1) is 5.41 Å². The van der Waals surface area contributed by atoms with Crippen molar-refractivity contribution in [1.29, 1.82) is 0 Å². The summed E-state index contributed by atoms with van der Waals surface area (Å²) >= 11 is 0. The van der Waals surface area contributed by atoms with Gasteiger partial charge in [-0.25, -0.2) is 0 Å². The molecule has 0 spiro atoms. The summed E-state index contributed by atoms with van der Waals surface area (Å²) in [5.74, 6) is 0. The molecule has 1 aliphatic carbocycles. The minimum atomic E-state index is 0. The first-order valence-electron chi connectivity index (χ1n) is 8.40. The molecule has 0 unspecified atom stereocenters. The zero-order valence-electron chi connectivity index (χ0n) is 15.9. The number of hydrogen-bond donors (Lipinski definition) is 0. The molecule has 0 aromatic heterocycles. The summed E-state index contributed by atoms with van der Waals surface area (Å²) in [6, 6.07) is 17.8. The fraction of sp³-hybridized carbons (Fsp3) is 0.261. The summed E-state index contributed by atoms with van der Waals surface area (Å²) in [7, 11) is 0. The van der Waals surface area contributed by atoms with Gasteiger partial charge in [-0.3, -0.25) is 0 Å². The molecule has 1 aliphatic rings. The van der Waals surface area contributed by atoms with Gasteiger partial charge in [-0.1, -0.05) is 72.5 Å². The molecular weight excluding hydrogens is 395 g/mol. The van der Waals surface area contributed by atoms with Crippen molar-refractivity contribution in [1.82, 2.24) is 0 Å². The average molecular weight is 418 g/mol. The third-order valence-electron chi connectivity index (χ3n) is 5.99. The largest absolute Gasteiger partial charge is 3.00 e. The van der Waals surface area contributed by atoms with Crippen molar-refractivity contribution in [2.45, 2.75) is 34.6 Å². The van der Waals surface area contributed by atoms with Gasteiger partial charge < -0.3 is 24.8 Å². The molecule has 3 heteroatoms. The Morgan fingerprint density at radius 1 is 0.769 bits per heavy atom. The molecule has 1 radical (unpaired) electrons. The Hall–Kier alpha value is -0.916. The van der Waals surface area contributed by atoms with E-state index in [1.54, 1.807) is 0 Å². The zero-order chi connectivity index (χ0) is 16.4. The Balaban J connectivity index is 0.00000113. The standard InChI is InChI=1S/C23H23.2ClH.Ti/c1-14-15(2)22(23(4,5)16(14)3)20-12-8-11-19-18-10-7-6-9-17(18)13-21(19)20;;;/h6-13H,1-5H3;2*1H;/q-1;;;+3/p-2. The molecule has 0 nitrogen and oxygen atoms in total. The van der Waals surface area contributed by atoms with Crippen LogP contribution >= 0.6 is 0 Å². The van der Waals surface area contributed by atoms with Crippen molar-refractivity contribution in [3.05, 3.63) is 70.8 Å². The maximum absolute atomic E-state index is 2.36. The fourth-order valence-electron chi connectivity index (χ4n) is 4.33. The molecule has 26 heavy (non-hydrogen) atoms. The number of fused-ring (bicyclic) bond motifs is 3. The van der Waals surface area contributed by atoms with Crippen LogP contribution in [0.15, 0.2) is 65.3 Å². The Bertz CT molecular complexity index is 1020. The fourth-order valence-corrected chi connectivity index (χ4v) is 4.33. The molecule has 0 saturated carbocycles. The molecule has 0 fully saturated rings. The number of hydrogen-bond acceptors (Lipinski definition) is 0. The van der Waals surface area contributed by atoms with Crippen LogP contribution < -0.4 is 24.8 Å². The second kappa shape index (κ2) is 7.99. The Morgan fingerprint density at radius 3 is 2.00 bits per heavy atom. The third kappa shape index (κ3) is 3.12. The van der Waals surface area contributed by atoms with Gasteiger partial charge in [0.15, 0.2) is 0 Å². The van der Waals surface area contributed by atoms with Crippen LogP contribution in [-0.4, -0.2) is 0 Å². The molecule has 0 atom stereocenters. The van der Waals surface area contributed by atoms with Crippen molar-refractivity contribution in [3.63, 3.8) is 0 Å². The number of rotatable bonds is 1. The maximum Gasteiger partial charge on any atom is 3.00 e. The second-order valence-electron chi connectivity index (χ2n) is 7.37. The van der Waals surface area contributed by atoms with Crippen LogP contribution in [-0.2, 0) is 21.7 Å². The van der Waals surface area contributed by atoms with E-state index in [2.05, 4.69) is 83.1 Å². The predicted molar refractivity (Wildman–Crippen MR) is 102 cm³/mol. The number of allylic oxidation sites excluding steroid dienone is 4. The van der Waals surface area contributed by atoms with E-state index in [0.29, 0.717) is 0 Å². The molecule has 0 heterocycles. The Labute approximate surface area is 183 Å². The molecule has 0 bridgehead atoms. The van der Waals surface area contributed by atoms with Gasteiger partial charge in [-0.05, 0) is 26.3 Å². The van der Waals surface area contributed by atoms with E-state index < -0.39 is 0 Å². The van der Waals surface area contributed by atoms with Crippen molar-refractivity contribution in [2.75, 3.05) is 0 Å². The Morgan fingerprint density at radius 2 is 1.38 bits per heavy atom. The SMILES string of the molecule is CC1=C(C)C(C)(C)C(c2cccc3c2[cH-]c2ccccc23)=C1C.[Cl-].[Cl-].[Ti+3]. The van der Waals surface area contributed by atoms with Crippen LogP contribution in [0.5, 0.6) is 0 Å². The maximum atomic E-state index is 2.36. The van der Waals surface area contributed by atoms with Crippen LogP contribution in [0.4, 0.5) is 0 Å². The van der Waals surface area contributed by atoms with Crippen LogP contribution in [0.25, 0.3) is 27.1 Å². The van der Waals surface area contributed by atoms with Gasteiger partial charge in [-0.2, -0.15) is 0 Å². The first-order valence-corrected chi connectivity index (χ1v) is 8.40. The minimum absolute atomic E-state index is 0. The van der Waals surface area contributed by atoms with Crippen molar-refractivity contribution >= 4 is 27.1 Å². The van der Waals surface area contributed by atoms with Gasteiger partial charge >= 0.3 is 21.7 Å². The van der Waals surface area contributed by atoms with Crippen LogP contribution in [0.3, 0.4) is 0 Å². The minimum Gasteiger partial charge on any atom is -1.00 e. The molecule has 4 rings (SSSR count). The molecule has 0 saturated heterocycles. The molecular formula is C23H23Cl2Ti. The summed E-state index contributed by atoms with van der Waals surface area (Å²) in [5.41, 5.74) is 7.40. The third-order valence-corrected chi connectivity index (χ3v) is 5.99. The van der Waals surface area contributed by atoms with Gasteiger partial charge in [0, 0.05) is 5.41 Å². The molecule has 0 N–H and O–H groups in total. The monoisotopic (exact) mass is 417 g/mol. The molecule has 0 amide bonds. The first kappa shape index (κ1) is 23.1. The summed E-state index contributed by atoms with van der Waals surface area (Å²) in [6.45, 7) is 11.6. The normalized spacial score (nSPS) is 15.7. The van der Waals surface area contributed by atoms with Gasteiger partial charge in [-0.15, -0.1) is 33.7 Å². The zero-order valence-corrected chi connectivity index (χ0v) is 18.9. The van der Waals surface area contributed by atoms with E-state index in [1.807, 2.05) is 0 Å². The van der Waals surface area contributed by atoms with E-state index in [9.17, 15) is 0 Å². The topological polar surface area (TPSA) is 0 Å². The summed E-state index contributed by atoms with van der Waals surface area (Å²) in [6.07, 6.45) is 0. The van der Waals surface area contributed by atoms with Crippen molar-refractivity contribution in [3.8, 4) is 0 Å². The first-order chi connectivity index (χ1) is 10.9. The number of benzene rings is 2. The van der Waals surface area contributed by atoms with E-state index in [1.165, 1.54) is 49.4 Å². The number of halogens is 2. The second-order valence-corrected chi connectivity index (χ2v) is 7.37. The van der Waals surface area contributed by atoms with Crippen molar-refractivity contribution in [2.24, 2.45) is 5.41 Å².